The van der Waals surface area contributed by atoms with E-state index in [1.165, 1.54) is 37.8 Å². The second-order valence-electron chi connectivity index (χ2n) is 5.34. The lowest BCUT2D eigenvalue weighted by Crippen LogP contribution is -2.42. The molecule has 1 aliphatic carbocycles. The van der Waals surface area contributed by atoms with Crippen LogP contribution < -0.4 is 5.73 Å². The van der Waals surface area contributed by atoms with Crippen molar-refractivity contribution in [3.8, 4) is 0 Å². The number of aromatic nitrogens is 1. The number of likely N-dealkylation sites (tertiary alicyclic amines) is 1. The molecule has 0 amide bonds. The van der Waals surface area contributed by atoms with Crippen molar-refractivity contribution in [1.82, 2.24) is 9.88 Å². The van der Waals surface area contributed by atoms with Gasteiger partial charge in [-0.3, -0.25) is 9.88 Å². The number of piperidine rings is 1. The van der Waals surface area contributed by atoms with Gasteiger partial charge in [-0.1, -0.05) is 6.07 Å². The first-order valence-corrected chi connectivity index (χ1v) is 6.76. The predicted molar refractivity (Wildman–Crippen MR) is 68.5 cm³/mol. The van der Waals surface area contributed by atoms with Crippen molar-refractivity contribution < 1.29 is 0 Å². The predicted octanol–water partition coefficient (Wildman–Crippen LogP) is 1.96. The van der Waals surface area contributed by atoms with E-state index in [0.29, 0.717) is 12.0 Å². The van der Waals surface area contributed by atoms with Gasteiger partial charge in [-0.25, -0.2) is 0 Å². The third-order valence-electron chi connectivity index (χ3n) is 4.14. The van der Waals surface area contributed by atoms with Crippen LogP contribution in [0.15, 0.2) is 24.5 Å². The maximum Gasteiger partial charge on any atom is 0.0406 e. The molecule has 1 aromatic rings. The average Bonchev–Trinajstić information content (AvgIpc) is 3.23. The largest absolute Gasteiger partial charge is 0.330 e. The molecule has 1 saturated carbocycles. The molecule has 3 rings (SSSR count). The molecule has 2 heterocycles. The fourth-order valence-corrected chi connectivity index (χ4v) is 3.18. The fourth-order valence-electron chi connectivity index (χ4n) is 3.18. The van der Waals surface area contributed by atoms with Crippen molar-refractivity contribution in [2.45, 2.75) is 37.8 Å². The monoisotopic (exact) mass is 231 g/mol. The van der Waals surface area contributed by atoms with Crippen LogP contribution in [0.3, 0.4) is 0 Å². The number of hydrogen-bond donors (Lipinski definition) is 1. The highest BCUT2D eigenvalue weighted by Crippen LogP contribution is 2.42. The van der Waals surface area contributed by atoms with Crippen LogP contribution in [0.2, 0.25) is 0 Å². The van der Waals surface area contributed by atoms with E-state index < -0.39 is 0 Å². The summed E-state index contributed by atoms with van der Waals surface area (Å²) < 4.78 is 0. The number of pyridine rings is 1. The minimum absolute atomic E-state index is 0.509. The van der Waals surface area contributed by atoms with Crippen LogP contribution in [-0.4, -0.2) is 29.0 Å². The van der Waals surface area contributed by atoms with Gasteiger partial charge in [-0.05, 0) is 56.3 Å². The topological polar surface area (TPSA) is 42.1 Å². The first kappa shape index (κ1) is 11.2. The van der Waals surface area contributed by atoms with Crippen molar-refractivity contribution in [3.05, 3.63) is 30.1 Å². The Bertz CT molecular complexity index is 361. The average molecular weight is 231 g/mol. The molecular weight excluding hydrogens is 210 g/mol. The maximum absolute atomic E-state index is 5.97. The molecule has 2 unspecified atom stereocenters. The highest BCUT2D eigenvalue weighted by atomic mass is 15.2. The van der Waals surface area contributed by atoms with E-state index in [0.717, 1.165) is 12.6 Å². The van der Waals surface area contributed by atoms with Crippen molar-refractivity contribution in [2.24, 2.45) is 11.7 Å². The van der Waals surface area contributed by atoms with Crippen LogP contribution in [0, 0.1) is 5.92 Å². The Kier molecular flexibility index (Phi) is 3.12. The van der Waals surface area contributed by atoms with Gasteiger partial charge >= 0.3 is 0 Å². The second-order valence-corrected chi connectivity index (χ2v) is 5.34. The maximum atomic E-state index is 5.97. The highest BCUT2D eigenvalue weighted by molar-refractivity contribution is 5.17. The first-order valence-electron chi connectivity index (χ1n) is 6.76. The molecule has 92 valence electrons. The molecule has 0 radical (unpaired) electrons. The van der Waals surface area contributed by atoms with Gasteiger partial charge in [0.15, 0.2) is 0 Å². The van der Waals surface area contributed by atoms with Gasteiger partial charge in [0.2, 0.25) is 0 Å². The summed E-state index contributed by atoms with van der Waals surface area (Å²) in [6.07, 6.45) is 9.18. The fraction of sp³-hybridized carbons (Fsp3) is 0.643. The smallest absolute Gasteiger partial charge is 0.0406 e. The molecule has 0 bridgehead atoms. The zero-order valence-corrected chi connectivity index (χ0v) is 10.3. The van der Waals surface area contributed by atoms with Gasteiger partial charge < -0.3 is 5.73 Å². The molecule has 3 nitrogen and oxygen atoms in total. The van der Waals surface area contributed by atoms with E-state index in [-0.39, 0.29) is 0 Å². The summed E-state index contributed by atoms with van der Waals surface area (Å²) in [5.41, 5.74) is 7.32. The molecule has 1 saturated heterocycles. The normalized spacial score (nSPS) is 30.4. The quantitative estimate of drug-likeness (QED) is 0.864. The highest BCUT2D eigenvalue weighted by Gasteiger charge is 2.39. The van der Waals surface area contributed by atoms with Crippen LogP contribution >= 0.6 is 0 Å². The molecule has 3 heteroatoms. The summed E-state index contributed by atoms with van der Waals surface area (Å²) in [4.78, 5) is 6.95. The molecule has 2 N–H and O–H groups in total. The van der Waals surface area contributed by atoms with Gasteiger partial charge in [0, 0.05) is 24.5 Å². The standard InChI is InChI=1S/C14H21N3/c15-9-11-4-2-8-17(13-5-6-13)14(11)12-3-1-7-16-10-12/h1,3,7,10-11,13-14H,2,4-6,8-9,15H2. The Labute approximate surface area is 103 Å². The number of hydrogen-bond acceptors (Lipinski definition) is 3. The lowest BCUT2D eigenvalue weighted by Gasteiger charge is -2.41. The van der Waals surface area contributed by atoms with Crippen LogP contribution in [0.1, 0.15) is 37.3 Å². The van der Waals surface area contributed by atoms with Crippen LogP contribution in [0.4, 0.5) is 0 Å². The molecule has 1 aliphatic heterocycles. The molecule has 17 heavy (non-hydrogen) atoms. The Morgan fingerprint density at radius 1 is 1.35 bits per heavy atom. The van der Waals surface area contributed by atoms with Gasteiger partial charge in [0.05, 0.1) is 0 Å². The molecule has 2 aliphatic rings. The zero-order chi connectivity index (χ0) is 11.7. The van der Waals surface area contributed by atoms with Crippen LogP contribution in [-0.2, 0) is 0 Å². The third kappa shape index (κ3) is 2.22. The molecule has 0 spiro atoms. The number of rotatable bonds is 3. The van der Waals surface area contributed by atoms with E-state index in [9.17, 15) is 0 Å². The van der Waals surface area contributed by atoms with Crippen molar-refractivity contribution in [2.75, 3.05) is 13.1 Å². The first-order chi connectivity index (χ1) is 8.40. The summed E-state index contributed by atoms with van der Waals surface area (Å²) in [7, 11) is 0. The molecule has 2 fully saturated rings. The van der Waals surface area contributed by atoms with Gasteiger partial charge in [-0.2, -0.15) is 0 Å². The summed E-state index contributed by atoms with van der Waals surface area (Å²) in [5, 5.41) is 0. The molecule has 2 atom stereocenters. The summed E-state index contributed by atoms with van der Waals surface area (Å²) >= 11 is 0. The Hall–Kier alpha value is -0.930. The Morgan fingerprint density at radius 3 is 2.88 bits per heavy atom. The van der Waals surface area contributed by atoms with Gasteiger partial charge in [-0.15, -0.1) is 0 Å². The molecule has 1 aromatic heterocycles. The van der Waals surface area contributed by atoms with Gasteiger partial charge in [0.1, 0.15) is 0 Å². The third-order valence-corrected chi connectivity index (χ3v) is 4.14. The Morgan fingerprint density at radius 2 is 2.24 bits per heavy atom. The molecule has 0 aromatic carbocycles. The lowest BCUT2D eigenvalue weighted by molar-refractivity contribution is 0.0877. The van der Waals surface area contributed by atoms with E-state index in [2.05, 4.69) is 16.0 Å². The minimum Gasteiger partial charge on any atom is -0.330 e. The SMILES string of the molecule is NCC1CCCN(C2CC2)C1c1cccnc1. The van der Waals surface area contributed by atoms with E-state index in [1.807, 2.05) is 18.5 Å². The van der Waals surface area contributed by atoms with E-state index in [4.69, 9.17) is 5.73 Å². The van der Waals surface area contributed by atoms with Crippen molar-refractivity contribution in [1.29, 1.82) is 0 Å². The van der Waals surface area contributed by atoms with E-state index >= 15 is 0 Å². The summed E-state index contributed by atoms with van der Waals surface area (Å²) in [6.45, 7) is 2.03. The molecular formula is C14H21N3. The zero-order valence-electron chi connectivity index (χ0n) is 10.3. The second kappa shape index (κ2) is 4.75. The van der Waals surface area contributed by atoms with Gasteiger partial charge in [0.25, 0.3) is 0 Å². The van der Waals surface area contributed by atoms with Crippen LogP contribution in [0.25, 0.3) is 0 Å². The van der Waals surface area contributed by atoms with Crippen LogP contribution in [0.5, 0.6) is 0 Å². The number of nitrogens with two attached hydrogens (primary N) is 1. The summed E-state index contributed by atoms with van der Waals surface area (Å²) in [5.74, 6) is 0.605. The summed E-state index contributed by atoms with van der Waals surface area (Å²) in [6, 6.07) is 5.58. The van der Waals surface area contributed by atoms with Crippen molar-refractivity contribution >= 4 is 0 Å². The lowest BCUT2D eigenvalue weighted by atomic mass is 9.85. The van der Waals surface area contributed by atoms with Crippen molar-refractivity contribution in [3.63, 3.8) is 0 Å². The number of nitrogens with zero attached hydrogens (tertiary/aromatic N) is 2. The van der Waals surface area contributed by atoms with E-state index in [1.54, 1.807) is 0 Å². The minimum atomic E-state index is 0.509. The Balaban J connectivity index is 1.88.